The molecule has 1 aliphatic heterocycles. The lowest BCUT2D eigenvalue weighted by Gasteiger charge is -2.16. The monoisotopic (exact) mass is 448 g/mol. The number of benzene rings is 3. The van der Waals surface area contributed by atoms with E-state index >= 15 is 0 Å². The van der Waals surface area contributed by atoms with Crippen molar-refractivity contribution in [3.8, 4) is 5.75 Å². The minimum absolute atomic E-state index is 0.0511. The third kappa shape index (κ3) is 4.22. The summed E-state index contributed by atoms with van der Waals surface area (Å²) in [5.74, 6) is -2.88. The van der Waals surface area contributed by atoms with E-state index in [1.807, 2.05) is 39.0 Å². The minimum Gasteiger partial charge on any atom is -0.494 e. The van der Waals surface area contributed by atoms with E-state index in [9.17, 15) is 18.4 Å². The van der Waals surface area contributed by atoms with Gasteiger partial charge in [-0.05, 0) is 62.2 Å². The van der Waals surface area contributed by atoms with E-state index in [2.05, 4.69) is 5.32 Å². The van der Waals surface area contributed by atoms with E-state index in [0.717, 1.165) is 28.2 Å². The molecule has 3 aromatic rings. The third-order valence-corrected chi connectivity index (χ3v) is 5.34. The summed E-state index contributed by atoms with van der Waals surface area (Å²) >= 11 is 0. The van der Waals surface area contributed by atoms with Crippen LogP contribution in [0.15, 0.2) is 66.4 Å². The molecule has 0 fully saturated rings. The number of anilines is 2. The van der Waals surface area contributed by atoms with Crippen molar-refractivity contribution in [1.82, 2.24) is 0 Å². The van der Waals surface area contributed by atoms with Crippen LogP contribution in [0, 0.1) is 25.5 Å². The summed E-state index contributed by atoms with van der Waals surface area (Å²) in [4.78, 5) is 27.7. The maximum Gasteiger partial charge on any atom is 0.282 e. The number of ether oxygens (including phenoxy) is 1. The Labute approximate surface area is 190 Å². The fourth-order valence-electron chi connectivity index (χ4n) is 3.75. The number of aryl methyl sites for hydroxylation is 2. The molecule has 0 bridgehead atoms. The molecule has 5 nitrogen and oxygen atoms in total. The lowest BCUT2D eigenvalue weighted by molar-refractivity contribution is -0.120. The fraction of sp³-hybridized carbons (Fsp3) is 0.154. The van der Waals surface area contributed by atoms with Gasteiger partial charge in [0.25, 0.3) is 11.8 Å². The van der Waals surface area contributed by atoms with Crippen LogP contribution in [-0.4, -0.2) is 18.4 Å². The summed E-state index contributed by atoms with van der Waals surface area (Å²) in [5, 5.41) is 3.10. The maximum absolute atomic E-state index is 13.9. The normalized spacial score (nSPS) is 13.7. The molecule has 2 amide bonds. The van der Waals surface area contributed by atoms with E-state index in [0.29, 0.717) is 23.6 Å². The topological polar surface area (TPSA) is 58.6 Å². The predicted molar refractivity (Wildman–Crippen MR) is 123 cm³/mol. The molecular formula is C26H22F2N2O3. The van der Waals surface area contributed by atoms with Crippen molar-refractivity contribution >= 4 is 28.8 Å². The van der Waals surface area contributed by atoms with E-state index in [-0.39, 0.29) is 17.0 Å². The number of halogens is 2. The molecule has 0 saturated heterocycles. The van der Waals surface area contributed by atoms with Crippen molar-refractivity contribution in [2.45, 2.75) is 20.8 Å². The van der Waals surface area contributed by atoms with Crippen molar-refractivity contribution in [1.29, 1.82) is 0 Å². The zero-order chi connectivity index (χ0) is 23.7. The Kier molecular flexibility index (Phi) is 5.96. The van der Waals surface area contributed by atoms with Gasteiger partial charge in [-0.15, -0.1) is 0 Å². The predicted octanol–water partition coefficient (Wildman–Crippen LogP) is 5.38. The van der Waals surface area contributed by atoms with Crippen LogP contribution in [0.4, 0.5) is 20.2 Å². The van der Waals surface area contributed by atoms with E-state index in [1.165, 1.54) is 6.07 Å². The number of hydrogen-bond acceptors (Lipinski definition) is 4. The summed E-state index contributed by atoms with van der Waals surface area (Å²) in [5.41, 5.74) is 3.23. The van der Waals surface area contributed by atoms with Gasteiger partial charge in [-0.1, -0.05) is 29.8 Å². The first-order valence-corrected chi connectivity index (χ1v) is 10.5. The summed E-state index contributed by atoms with van der Waals surface area (Å²) in [7, 11) is 0. The van der Waals surface area contributed by atoms with Crippen molar-refractivity contribution < 1.29 is 23.1 Å². The third-order valence-electron chi connectivity index (χ3n) is 5.34. The highest BCUT2D eigenvalue weighted by Gasteiger charge is 2.40. The first-order chi connectivity index (χ1) is 15.8. The van der Waals surface area contributed by atoms with Gasteiger partial charge in [0.05, 0.1) is 17.9 Å². The summed E-state index contributed by atoms with van der Waals surface area (Å²) in [6.45, 7) is 6.20. The average molecular weight is 448 g/mol. The highest BCUT2D eigenvalue weighted by atomic mass is 19.2. The highest BCUT2D eigenvalue weighted by molar-refractivity contribution is 6.46. The summed E-state index contributed by atoms with van der Waals surface area (Å²) < 4.78 is 32.8. The maximum atomic E-state index is 13.9. The van der Waals surface area contributed by atoms with E-state index in [4.69, 9.17) is 4.74 Å². The van der Waals surface area contributed by atoms with Crippen LogP contribution in [-0.2, 0) is 9.59 Å². The zero-order valence-electron chi connectivity index (χ0n) is 18.4. The molecule has 1 aliphatic rings. The molecule has 0 aliphatic carbocycles. The molecular weight excluding hydrogens is 426 g/mol. The van der Waals surface area contributed by atoms with Gasteiger partial charge in [0.15, 0.2) is 11.6 Å². The second-order valence-electron chi connectivity index (χ2n) is 7.69. The molecule has 0 atom stereocenters. The quantitative estimate of drug-likeness (QED) is 0.515. The van der Waals surface area contributed by atoms with Gasteiger partial charge in [0.2, 0.25) is 0 Å². The van der Waals surface area contributed by atoms with Gasteiger partial charge in [-0.2, -0.15) is 0 Å². The highest BCUT2D eigenvalue weighted by Crippen LogP contribution is 2.35. The zero-order valence-corrected chi connectivity index (χ0v) is 18.4. The van der Waals surface area contributed by atoms with Crippen LogP contribution in [0.1, 0.15) is 23.6 Å². The first kappa shape index (κ1) is 22.2. The lowest BCUT2D eigenvalue weighted by Crippen LogP contribution is -2.32. The first-order valence-electron chi connectivity index (χ1n) is 10.5. The molecule has 1 heterocycles. The molecule has 1 N–H and O–H groups in total. The van der Waals surface area contributed by atoms with Gasteiger partial charge in [0, 0.05) is 11.8 Å². The Bertz CT molecular complexity index is 1280. The Morgan fingerprint density at radius 2 is 1.61 bits per heavy atom. The van der Waals surface area contributed by atoms with Crippen molar-refractivity contribution in [3.63, 3.8) is 0 Å². The summed E-state index contributed by atoms with van der Waals surface area (Å²) in [6, 6.07) is 15.4. The second kappa shape index (κ2) is 8.86. The van der Waals surface area contributed by atoms with Crippen LogP contribution in [0.25, 0.3) is 5.57 Å². The molecule has 0 radical (unpaired) electrons. The molecule has 0 saturated carbocycles. The SMILES string of the molecule is CCOc1ccc(C2=C(Nc3ccc(C)cc3C)C(=O)N(c3ccc(F)c(F)c3)C2=O)cc1. The molecule has 0 aromatic heterocycles. The van der Waals surface area contributed by atoms with Gasteiger partial charge in [0.1, 0.15) is 11.4 Å². The van der Waals surface area contributed by atoms with Crippen LogP contribution in [0.5, 0.6) is 5.75 Å². The Morgan fingerprint density at radius 1 is 0.879 bits per heavy atom. The Morgan fingerprint density at radius 3 is 2.24 bits per heavy atom. The van der Waals surface area contributed by atoms with Crippen molar-refractivity contribution in [2.24, 2.45) is 0 Å². The summed E-state index contributed by atoms with van der Waals surface area (Å²) in [6.07, 6.45) is 0. The van der Waals surface area contributed by atoms with Crippen molar-refractivity contribution in [2.75, 3.05) is 16.8 Å². The smallest absolute Gasteiger partial charge is 0.282 e. The van der Waals surface area contributed by atoms with Crippen LogP contribution < -0.4 is 15.0 Å². The van der Waals surface area contributed by atoms with E-state index in [1.54, 1.807) is 24.3 Å². The number of hydrogen-bond donors (Lipinski definition) is 1. The number of imide groups is 1. The van der Waals surface area contributed by atoms with E-state index < -0.39 is 23.4 Å². The van der Waals surface area contributed by atoms with Crippen molar-refractivity contribution in [3.05, 3.63) is 94.7 Å². The Hall–Kier alpha value is -4.00. The Balaban J connectivity index is 1.82. The average Bonchev–Trinajstić information content (AvgIpc) is 3.02. The number of carbonyl (C=O) groups excluding carboxylic acids is 2. The standard InChI is InChI=1S/C26H22F2N2O3/c1-4-33-19-9-6-17(7-10-19)23-24(29-22-12-5-15(2)13-16(22)3)26(32)30(25(23)31)18-8-11-20(27)21(28)14-18/h5-14,29H,4H2,1-3H3. The number of nitrogens with one attached hydrogen (secondary N) is 1. The fourth-order valence-corrected chi connectivity index (χ4v) is 3.75. The van der Waals surface area contributed by atoms with Gasteiger partial charge < -0.3 is 10.1 Å². The second-order valence-corrected chi connectivity index (χ2v) is 7.69. The molecule has 0 spiro atoms. The van der Waals surface area contributed by atoms with Gasteiger partial charge >= 0.3 is 0 Å². The molecule has 7 heteroatoms. The number of nitrogens with zero attached hydrogens (tertiary/aromatic N) is 1. The molecule has 3 aromatic carbocycles. The minimum atomic E-state index is -1.15. The van der Waals surface area contributed by atoms with Gasteiger partial charge in [-0.25, -0.2) is 13.7 Å². The van der Waals surface area contributed by atoms with Gasteiger partial charge in [-0.3, -0.25) is 9.59 Å². The number of rotatable bonds is 6. The van der Waals surface area contributed by atoms with Crippen LogP contribution >= 0.6 is 0 Å². The number of amides is 2. The number of carbonyl (C=O) groups is 2. The molecule has 33 heavy (non-hydrogen) atoms. The lowest BCUT2D eigenvalue weighted by atomic mass is 10.0. The van der Waals surface area contributed by atoms with Crippen LogP contribution in [0.2, 0.25) is 0 Å². The molecule has 0 unspecified atom stereocenters. The molecule has 168 valence electrons. The largest absolute Gasteiger partial charge is 0.494 e. The molecule has 4 rings (SSSR count). The van der Waals surface area contributed by atoms with Crippen LogP contribution in [0.3, 0.4) is 0 Å².